The van der Waals surface area contributed by atoms with Crippen LogP contribution < -0.4 is 4.18 Å². The maximum Gasteiger partial charge on any atom is 0.339 e. The summed E-state index contributed by atoms with van der Waals surface area (Å²) in [5.74, 6) is -3.25. The van der Waals surface area contributed by atoms with E-state index >= 15 is 0 Å². The maximum absolute atomic E-state index is 13.8. The molecule has 12 heteroatoms. The summed E-state index contributed by atoms with van der Waals surface area (Å²) in [7, 11) is -4.11. The van der Waals surface area contributed by atoms with Crippen LogP contribution in [0.4, 0.5) is 0 Å². The highest BCUT2D eigenvalue weighted by Gasteiger charge is 2.62. The molecule has 43 heavy (non-hydrogen) atoms. The van der Waals surface area contributed by atoms with E-state index in [0.29, 0.717) is 0 Å². The van der Waals surface area contributed by atoms with Gasteiger partial charge in [0.25, 0.3) is 17.7 Å². The Hall–Kier alpha value is -3.73. The minimum atomic E-state index is -4.11. The predicted octanol–water partition coefficient (Wildman–Crippen LogP) is 5.34. The second-order valence-electron chi connectivity index (χ2n) is 11.2. The van der Waals surface area contributed by atoms with Gasteiger partial charge in [0.1, 0.15) is 17.2 Å². The molecule has 2 aliphatic carbocycles. The zero-order chi connectivity index (χ0) is 30.6. The van der Waals surface area contributed by atoms with Gasteiger partial charge in [0.05, 0.1) is 22.4 Å². The molecule has 3 amide bonds. The second kappa shape index (κ2) is 11.1. The maximum atomic E-state index is 13.8. The van der Waals surface area contributed by atoms with Crippen molar-refractivity contribution in [3.63, 3.8) is 0 Å². The van der Waals surface area contributed by atoms with Crippen molar-refractivity contribution in [2.45, 2.75) is 31.1 Å². The van der Waals surface area contributed by atoms with Crippen LogP contribution in [0.5, 0.6) is 5.75 Å². The van der Waals surface area contributed by atoms with Crippen LogP contribution in [0.1, 0.15) is 45.5 Å². The van der Waals surface area contributed by atoms with E-state index in [1.54, 1.807) is 12.1 Å². The molecule has 0 radical (unpaired) electrons. The number of Topliss-reactive ketones (excluding diaryl/α,β-unsaturated/α-hetero) is 1. The lowest BCUT2D eigenvalue weighted by Gasteiger charge is -2.31. The van der Waals surface area contributed by atoms with E-state index in [1.165, 1.54) is 54.6 Å². The standard InChI is InChI=1S/C31H26Cl2N2O7S/c1-17-2-11-23(12-3-17)43(40,41)42-22-9-6-18(7-10-22)26(36)16-34(29(37)24-13-8-21(32)15-25(24)33)35-30(38)27-19-4-5-20(14-19)28(27)31(35)39/h2-3,6-13,15,19-20,27-28H,4-5,14,16H2,1H3/t19-,20-,27-,28+/m0/s1. The minimum absolute atomic E-state index is 0.00518. The molecule has 4 atom stereocenters. The largest absolute Gasteiger partial charge is 0.379 e. The fourth-order valence-electron chi connectivity index (χ4n) is 6.47. The molecule has 1 heterocycles. The first kappa shape index (κ1) is 29.3. The third-order valence-corrected chi connectivity index (χ3v) is 10.3. The number of rotatable bonds is 8. The van der Waals surface area contributed by atoms with Gasteiger partial charge >= 0.3 is 10.1 Å². The van der Waals surface area contributed by atoms with Crippen molar-refractivity contribution in [1.29, 1.82) is 0 Å². The van der Waals surface area contributed by atoms with Crippen LogP contribution >= 0.6 is 23.2 Å². The Morgan fingerprint density at radius 1 is 0.907 bits per heavy atom. The number of imide groups is 1. The van der Waals surface area contributed by atoms with Gasteiger partial charge in [-0.1, -0.05) is 40.9 Å². The first-order valence-corrected chi connectivity index (χ1v) is 15.9. The minimum Gasteiger partial charge on any atom is -0.379 e. The molecular formula is C31H26Cl2N2O7S. The Balaban J connectivity index is 1.26. The molecule has 0 spiro atoms. The number of hydrogen-bond donors (Lipinski definition) is 0. The third kappa shape index (κ3) is 5.32. The Morgan fingerprint density at radius 3 is 2.09 bits per heavy atom. The number of benzene rings is 3. The molecule has 1 aliphatic heterocycles. The molecular weight excluding hydrogens is 615 g/mol. The number of hydrogen-bond acceptors (Lipinski definition) is 7. The van der Waals surface area contributed by atoms with E-state index in [0.717, 1.165) is 34.8 Å². The normalized spacial score (nSPS) is 22.5. The molecule has 1 saturated heterocycles. The van der Waals surface area contributed by atoms with Crippen LogP contribution in [0.25, 0.3) is 0 Å². The van der Waals surface area contributed by atoms with E-state index in [-0.39, 0.29) is 43.7 Å². The number of carbonyl (C=O) groups excluding carboxylic acids is 4. The molecule has 0 aromatic heterocycles. The number of ketones is 1. The summed E-state index contributed by atoms with van der Waals surface area (Å²) >= 11 is 12.3. The van der Waals surface area contributed by atoms with Crippen molar-refractivity contribution in [2.75, 3.05) is 6.54 Å². The molecule has 6 rings (SSSR count). The SMILES string of the molecule is Cc1ccc(S(=O)(=O)Oc2ccc(C(=O)CN(C(=O)c3ccc(Cl)cc3Cl)N3C(=O)[C@@H]4[C@H]5CC[C@@H](C5)[C@@H]4C3=O)cc2)cc1. The third-order valence-electron chi connectivity index (χ3n) is 8.53. The van der Waals surface area contributed by atoms with Crippen LogP contribution in [0.2, 0.25) is 10.0 Å². The summed E-state index contributed by atoms with van der Waals surface area (Å²) in [5, 5.41) is 1.99. The van der Waals surface area contributed by atoms with Crippen molar-refractivity contribution in [2.24, 2.45) is 23.7 Å². The quantitative estimate of drug-likeness (QED) is 0.185. The van der Waals surface area contributed by atoms with Crippen molar-refractivity contribution in [3.05, 3.63) is 93.5 Å². The smallest absolute Gasteiger partial charge is 0.339 e. The van der Waals surface area contributed by atoms with E-state index in [2.05, 4.69) is 0 Å². The predicted molar refractivity (Wildman–Crippen MR) is 157 cm³/mol. The molecule has 3 aliphatic rings. The molecule has 3 aromatic carbocycles. The van der Waals surface area contributed by atoms with Gasteiger partial charge in [-0.15, -0.1) is 0 Å². The number of aryl methyl sites for hydroxylation is 1. The topological polar surface area (TPSA) is 118 Å². The summed E-state index contributed by atoms with van der Waals surface area (Å²) in [6.07, 6.45) is 2.51. The molecule has 9 nitrogen and oxygen atoms in total. The van der Waals surface area contributed by atoms with Gasteiger partial charge in [-0.3, -0.25) is 19.2 Å². The number of fused-ring (bicyclic) bond motifs is 5. The zero-order valence-electron chi connectivity index (χ0n) is 22.9. The highest BCUT2D eigenvalue weighted by Crippen LogP contribution is 2.56. The lowest BCUT2D eigenvalue weighted by molar-refractivity contribution is -0.155. The lowest BCUT2D eigenvalue weighted by Crippen LogP contribution is -2.52. The van der Waals surface area contributed by atoms with Crippen molar-refractivity contribution >= 4 is 56.8 Å². The fourth-order valence-corrected chi connectivity index (χ4v) is 7.89. The number of carbonyl (C=O) groups is 4. The molecule has 3 aromatic rings. The molecule has 3 fully saturated rings. The Labute approximate surface area is 258 Å². The van der Waals surface area contributed by atoms with Crippen molar-refractivity contribution in [1.82, 2.24) is 10.0 Å². The number of nitrogens with zero attached hydrogens (tertiary/aromatic N) is 2. The Kier molecular flexibility index (Phi) is 7.56. The summed E-state index contributed by atoms with van der Waals surface area (Å²) in [6.45, 7) is 1.20. The summed E-state index contributed by atoms with van der Waals surface area (Å²) in [6, 6.07) is 15.7. The van der Waals surface area contributed by atoms with Crippen LogP contribution in [0.15, 0.2) is 71.6 Å². The van der Waals surface area contributed by atoms with Gasteiger partial charge in [-0.05, 0) is 92.6 Å². The van der Waals surface area contributed by atoms with Crippen molar-refractivity contribution < 1.29 is 31.8 Å². The van der Waals surface area contributed by atoms with Crippen LogP contribution in [-0.4, -0.2) is 48.5 Å². The van der Waals surface area contributed by atoms with Crippen LogP contribution in [-0.2, 0) is 19.7 Å². The Bertz CT molecular complexity index is 1730. The van der Waals surface area contributed by atoms with Gasteiger partial charge in [0, 0.05) is 10.6 Å². The first-order chi connectivity index (χ1) is 20.4. The summed E-state index contributed by atoms with van der Waals surface area (Å²) < 4.78 is 30.5. The first-order valence-electron chi connectivity index (χ1n) is 13.7. The fraction of sp³-hybridized carbons (Fsp3) is 0.290. The average molecular weight is 642 g/mol. The van der Waals surface area contributed by atoms with E-state index in [4.69, 9.17) is 27.4 Å². The molecule has 2 saturated carbocycles. The Morgan fingerprint density at radius 2 is 1.51 bits per heavy atom. The number of halogens is 2. The lowest BCUT2D eigenvalue weighted by atomic mass is 9.81. The van der Waals surface area contributed by atoms with Crippen LogP contribution in [0, 0.1) is 30.6 Å². The average Bonchev–Trinajstić information content (AvgIpc) is 3.65. The van der Waals surface area contributed by atoms with E-state index in [1.807, 2.05) is 6.92 Å². The van der Waals surface area contributed by atoms with Gasteiger partial charge < -0.3 is 4.18 Å². The molecule has 0 unspecified atom stereocenters. The van der Waals surface area contributed by atoms with Crippen LogP contribution in [0.3, 0.4) is 0 Å². The summed E-state index contributed by atoms with van der Waals surface area (Å²) in [5.41, 5.74) is 0.976. The highest BCUT2D eigenvalue weighted by molar-refractivity contribution is 7.87. The zero-order valence-corrected chi connectivity index (χ0v) is 25.2. The van der Waals surface area contributed by atoms with Gasteiger partial charge in [-0.2, -0.15) is 13.4 Å². The summed E-state index contributed by atoms with van der Waals surface area (Å²) in [4.78, 5) is 54.5. The highest BCUT2D eigenvalue weighted by atomic mass is 35.5. The number of hydrazine groups is 1. The number of amides is 3. The van der Waals surface area contributed by atoms with E-state index in [9.17, 15) is 27.6 Å². The molecule has 222 valence electrons. The monoisotopic (exact) mass is 640 g/mol. The molecule has 2 bridgehead atoms. The van der Waals surface area contributed by atoms with Gasteiger partial charge in [-0.25, -0.2) is 5.01 Å². The molecule has 0 N–H and O–H groups in total. The second-order valence-corrected chi connectivity index (χ2v) is 13.5. The van der Waals surface area contributed by atoms with Crippen molar-refractivity contribution in [3.8, 4) is 5.75 Å². The van der Waals surface area contributed by atoms with E-state index < -0.39 is 52.0 Å². The van der Waals surface area contributed by atoms with Gasteiger partial charge in [0.2, 0.25) is 0 Å². The van der Waals surface area contributed by atoms with Gasteiger partial charge in [0.15, 0.2) is 5.78 Å².